The third-order valence-corrected chi connectivity index (χ3v) is 23.4. The van der Waals surface area contributed by atoms with Crippen LogP contribution in [0.5, 0.6) is 0 Å². The highest BCUT2D eigenvalue weighted by Crippen LogP contribution is 2.30. The van der Waals surface area contributed by atoms with Gasteiger partial charge in [0.1, 0.15) is 0 Å². The van der Waals surface area contributed by atoms with Crippen molar-refractivity contribution in [2.75, 3.05) is 0 Å². The van der Waals surface area contributed by atoms with E-state index >= 15 is 0 Å². The Balaban J connectivity index is 0.000000177. The first-order chi connectivity index (χ1) is 61.4. The lowest BCUT2D eigenvalue weighted by Gasteiger charge is -2.10. The van der Waals surface area contributed by atoms with Gasteiger partial charge in [0.15, 0.2) is 0 Å². The average molecular weight is 1680 g/mol. The van der Waals surface area contributed by atoms with Gasteiger partial charge in [0.05, 0.1) is 0 Å². The van der Waals surface area contributed by atoms with Gasteiger partial charge in [-0.15, -0.1) is 0 Å². The van der Waals surface area contributed by atoms with Crippen molar-refractivity contribution in [2.45, 2.75) is 205 Å². The SMILES string of the molecule is CCCc1ccc(C)cc1.CCc1ccc(C)cc1.CCc1cccc(C)c1.Cc1ccc(-c2ccc(C)c(C)c2)cc1C.Cc1ccc(-c2ccc(C)cc2)cc1.Cc1ccc(-c2ccc(C)cc2C)c(C)c1.Cc1ccc(Cc2ccc(C)cc2)cc1.Cc1cccc(Cc2cccc(C)c2)c1.Cc1cccc2c(C)cccc12.Cc1cccc2cccc(C)c12. The normalized spacial score (nSPS) is 10.2. The third kappa shape index (κ3) is 34.2. The van der Waals surface area contributed by atoms with Crippen LogP contribution in [0.4, 0.5) is 0 Å². The molecule has 0 amide bonds. The molecule has 0 heterocycles. The molecule has 0 heteroatoms. The van der Waals surface area contributed by atoms with Crippen LogP contribution in [0.15, 0.2) is 364 Å². The quantitative estimate of drug-likeness (QED) is 0.121. The maximum Gasteiger partial charge on any atom is -0.00256 e. The van der Waals surface area contributed by atoms with Crippen LogP contribution in [-0.2, 0) is 32.1 Å². The fourth-order valence-electron chi connectivity index (χ4n) is 15.3. The lowest BCUT2D eigenvalue weighted by molar-refractivity contribution is 0.921. The fourth-order valence-corrected chi connectivity index (χ4v) is 15.3. The molecule has 0 aromatic heterocycles. The first kappa shape index (κ1) is 101. The summed E-state index contributed by atoms with van der Waals surface area (Å²) in [5, 5.41) is 5.49. The molecule has 128 heavy (non-hydrogen) atoms. The van der Waals surface area contributed by atoms with Gasteiger partial charge in [-0.25, -0.2) is 0 Å². The second kappa shape index (κ2) is 52.4. The van der Waals surface area contributed by atoms with Crippen LogP contribution in [0, 0.1) is 145 Å². The topological polar surface area (TPSA) is 0 Å². The lowest BCUT2D eigenvalue weighted by Crippen LogP contribution is -1.89. The molecule has 0 unspecified atom stereocenters. The van der Waals surface area contributed by atoms with E-state index in [0.717, 1.165) is 25.7 Å². The highest BCUT2D eigenvalue weighted by atomic mass is 14.1. The highest BCUT2D eigenvalue weighted by molar-refractivity contribution is 5.89. The Hall–Kier alpha value is -12.7. The highest BCUT2D eigenvalue weighted by Gasteiger charge is 2.08. The molecule has 0 atom stereocenters. The minimum Gasteiger partial charge on any atom is -0.0651 e. The van der Waals surface area contributed by atoms with Crippen LogP contribution in [0.25, 0.3) is 54.9 Å². The van der Waals surface area contributed by atoms with Gasteiger partial charge in [-0.05, 0) is 327 Å². The summed E-state index contributed by atoms with van der Waals surface area (Å²) in [6.45, 7) is 51.6. The zero-order valence-corrected chi connectivity index (χ0v) is 81.9. The molecule has 0 saturated carbocycles. The van der Waals surface area contributed by atoms with E-state index in [1.54, 1.807) is 0 Å². The first-order valence-corrected chi connectivity index (χ1v) is 46.2. The Morgan fingerprint density at radius 3 is 0.766 bits per heavy atom. The van der Waals surface area contributed by atoms with Crippen molar-refractivity contribution in [3.63, 3.8) is 0 Å². The second-order valence-corrected chi connectivity index (χ2v) is 35.2. The molecule has 0 nitrogen and oxygen atoms in total. The van der Waals surface area contributed by atoms with Gasteiger partial charge in [-0.1, -0.05) is 452 Å². The summed E-state index contributed by atoms with van der Waals surface area (Å²) >= 11 is 0. The van der Waals surface area contributed by atoms with Crippen LogP contribution in [0.3, 0.4) is 0 Å². The Bertz CT molecular complexity index is 5900. The molecule has 0 aliphatic rings. The zero-order chi connectivity index (χ0) is 92.6. The van der Waals surface area contributed by atoms with E-state index < -0.39 is 0 Å². The molecule has 0 N–H and O–H groups in total. The predicted octanol–water partition coefficient (Wildman–Crippen LogP) is 35.9. The average Bonchev–Trinajstić information content (AvgIpc) is 0.818. The minimum atomic E-state index is 1.03. The van der Waals surface area contributed by atoms with Gasteiger partial charge in [-0.2, -0.15) is 0 Å². The van der Waals surface area contributed by atoms with Gasteiger partial charge in [0, 0.05) is 0 Å². The van der Waals surface area contributed by atoms with Crippen molar-refractivity contribution in [2.24, 2.45) is 0 Å². The molecule has 0 aliphatic carbocycles. The number of rotatable bonds is 11. The van der Waals surface area contributed by atoms with E-state index in [2.05, 4.69) is 530 Å². The van der Waals surface area contributed by atoms with Gasteiger partial charge in [0.2, 0.25) is 0 Å². The second-order valence-electron chi connectivity index (χ2n) is 35.2. The van der Waals surface area contributed by atoms with Gasteiger partial charge < -0.3 is 0 Å². The predicted molar refractivity (Wildman–Crippen MR) is 566 cm³/mol. The van der Waals surface area contributed by atoms with Crippen molar-refractivity contribution >= 4 is 21.5 Å². The van der Waals surface area contributed by atoms with Crippen LogP contribution >= 0.6 is 0 Å². The van der Waals surface area contributed by atoms with Crippen LogP contribution in [0.2, 0.25) is 0 Å². The van der Waals surface area contributed by atoms with Gasteiger partial charge in [0.25, 0.3) is 0 Å². The van der Waals surface area contributed by atoms with Crippen molar-refractivity contribution in [1.29, 1.82) is 0 Å². The Labute approximate surface area is 774 Å². The first-order valence-electron chi connectivity index (χ1n) is 46.2. The smallest absolute Gasteiger partial charge is 0.00256 e. The third-order valence-electron chi connectivity index (χ3n) is 23.4. The summed E-state index contributed by atoms with van der Waals surface area (Å²) in [6.07, 6.45) is 6.79. The number of hydrogen-bond donors (Lipinski definition) is 0. The monoisotopic (exact) mass is 1680 g/mol. The number of benzene rings is 17. The van der Waals surface area contributed by atoms with Crippen LogP contribution < -0.4 is 0 Å². The van der Waals surface area contributed by atoms with Crippen molar-refractivity contribution < 1.29 is 0 Å². The molecular formula is C128H144. The molecule has 17 rings (SSSR count). The van der Waals surface area contributed by atoms with E-state index in [0.29, 0.717) is 0 Å². The number of fused-ring (bicyclic) bond motifs is 2. The molecular weight excluding hydrogens is 1540 g/mol. The van der Waals surface area contributed by atoms with Crippen molar-refractivity contribution in [3.8, 4) is 33.4 Å². The molecule has 0 spiro atoms. The van der Waals surface area contributed by atoms with Gasteiger partial charge >= 0.3 is 0 Å². The van der Waals surface area contributed by atoms with E-state index in [9.17, 15) is 0 Å². The maximum absolute atomic E-state index is 2.26. The van der Waals surface area contributed by atoms with E-state index in [-0.39, 0.29) is 0 Å². The lowest BCUT2D eigenvalue weighted by atomic mass is 9.94. The molecule has 0 bridgehead atoms. The Kier molecular flexibility index (Phi) is 41.2. The minimum absolute atomic E-state index is 1.03. The zero-order valence-electron chi connectivity index (χ0n) is 81.9. The van der Waals surface area contributed by atoms with E-state index in [1.807, 2.05) is 0 Å². The summed E-state index contributed by atoms with van der Waals surface area (Å²) in [5.74, 6) is 0. The summed E-state index contributed by atoms with van der Waals surface area (Å²) in [5.41, 5.74) is 45.9. The summed E-state index contributed by atoms with van der Waals surface area (Å²) < 4.78 is 0. The molecule has 0 fully saturated rings. The molecule has 0 aliphatic heterocycles. The van der Waals surface area contributed by atoms with Crippen LogP contribution in [-0.4, -0.2) is 0 Å². The van der Waals surface area contributed by atoms with Gasteiger partial charge in [-0.3, -0.25) is 0 Å². The fraction of sp³-hybridized carbons (Fsp3) is 0.234. The molecule has 17 aromatic carbocycles. The largest absolute Gasteiger partial charge is 0.0651 e. The maximum atomic E-state index is 2.26. The Morgan fingerprint density at radius 1 is 0.164 bits per heavy atom. The molecule has 17 aromatic rings. The summed E-state index contributed by atoms with van der Waals surface area (Å²) in [4.78, 5) is 0. The Morgan fingerprint density at radius 2 is 0.445 bits per heavy atom. The number of hydrogen-bond acceptors (Lipinski definition) is 0. The van der Waals surface area contributed by atoms with Crippen molar-refractivity contribution in [1.82, 2.24) is 0 Å². The number of aryl methyl sites for hydroxylation is 24. The molecule has 656 valence electrons. The summed E-state index contributed by atoms with van der Waals surface area (Å²) in [7, 11) is 0. The summed E-state index contributed by atoms with van der Waals surface area (Å²) in [6, 6.07) is 131. The standard InChI is InChI=1S/2C16H18.2C15H16.C14H14.2C12H12.C10H14.2C9H12/c1-11-5-7-15(9-13(11)3)16-8-6-12(2)14(4)10-16;1-11-5-7-15(13(3)9-11)16-8-6-12(2)10-14(16)4;1-12-3-7-14(8-4-12)11-15-9-5-13(2)6-10-15;1-12-5-3-7-14(9-12)11-15-8-4-6-13(2)10-15;1-11-3-7-13(8-4-11)14-9-5-12(2)6-10-14;1-9-5-3-8-12-10(2)6-4-7-11(9)12;1-9-5-3-7-11-8-4-6-10(2)12(9)11;1-3-4-10-7-5-9(2)6-8-10;1-3-9-6-4-8(2)5-7-9;1-3-9-6-4-5-8(2)7-9/h2*5-10H,1-4H3;2*3-10H,11H2,1-2H3;3-10H,1-2H3;2*3-8H,1-2H3;5-8H,3-4H2,1-2H3;2*4-7H,3H2,1-2H3. The van der Waals surface area contributed by atoms with Crippen LogP contribution in [0.1, 0.15) is 183 Å². The van der Waals surface area contributed by atoms with Crippen molar-refractivity contribution in [3.05, 3.63) is 520 Å². The molecule has 0 radical (unpaired) electrons. The van der Waals surface area contributed by atoms with E-state index in [1.165, 1.54) is 224 Å². The molecule has 0 saturated heterocycles. The van der Waals surface area contributed by atoms with E-state index in [4.69, 9.17) is 0 Å².